The lowest BCUT2D eigenvalue weighted by atomic mass is 9.48. The molecule has 1 saturated heterocycles. The third-order valence-corrected chi connectivity index (χ3v) is 8.37. The maximum Gasteiger partial charge on any atom is 0.255 e. The zero-order valence-corrected chi connectivity index (χ0v) is 18.7. The summed E-state index contributed by atoms with van der Waals surface area (Å²) in [4.78, 5) is 12.7. The molecule has 1 heterocycles. The second-order valence-electron chi connectivity index (χ2n) is 10.7. The minimum absolute atomic E-state index is 0.0850. The highest BCUT2D eigenvalue weighted by molar-refractivity contribution is 6.04. The first-order valence-corrected chi connectivity index (χ1v) is 12.4. The van der Waals surface area contributed by atoms with E-state index in [2.05, 4.69) is 29.6 Å². The van der Waals surface area contributed by atoms with Crippen LogP contribution in [0.2, 0.25) is 0 Å². The monoisotopic (exact) mass is 431 g/mol. The molecule has 4 nitrogen and oxygen atoms in total. The van der Waals surface area contributed by atoms with Gasteiger partial charge in [-0.05, 0) is 116 Å². The van der Waals surface area contributed by atoms with Gasteiger partial charge in [0.1, 0.15) is 12.4 Å². The van der Waals surface area contributed by atoms with Crippen LogP contribution in [0.5, 0.6) is 5.75 Å². The molecule has 1 aliphatic heterocycles. The van der Waals surface area contributed by atoms with E-state index in [1.807, 2.05) is 24.3 Å². The maximum atomic E-state index is 12.7. The number of benzene rings is 2. The highest BCUT2D eigenvalue weighted by atomic mass is 16.5. The van der Waals surface area contributed by atoms with E-state index >= 15 is 0 Å². The molecule has 4 saturated carbocycles. The van der Waals surface area contributed by atoms with Crippen LogP contribution in [0, 0.1) is 17.8 Å². The number of carbonyl (C=O) groups excluding carboxylic acids is 1. The predicted molar refractivity (Wildman–Crippen MR) is 125 cm³/mol. The van der Waals surface area contributed by atoms with Gasteiger partial charge < -0.3 is 14.8 Å². The molecule has 1 atom stereocenters. The van der Waals surface area contributed by atoms with Crippen LogP contribution in [0.25, 0.3) is 0 Å². The van der Waals surface area contributed by atoms with E-state index in [-0.39, 0.29) is 12.0 Å². The van der Waals surface area contributed by atoms with Gasteiger partial charge in [-0.15, -0.1) is 0 Å². The molecular weight excluding hydrogens is 398 g/mol. The average Bonchev–Trinajstić information content (AvgIpc) is 3.31. The van der Waals surface area contributed by atoms with Crippen LogP contribution >= 0.6 is 0 Å². The van der Waals surface area contributed by atoms with Gasteiger partial charge in [0.05, 0.1) is 6.10 Å². The first-order chi connectivity index (χ1) is 15.6. The molecule has 2 aromatic carbocycles. The van der Waals surface area contributed by atoms with Gasteiger partial charge in [-0.1, -0.05) is 12.1 Å². The zero-order chi connectivity index (χ0) is 21.5. The zero-order valence-electron chi connectivity index (χ0n) is 18.7. The minimum Gasteiger partial charge on any atom is -0.491 e. The highest BCUT2D eigenvalue weighted by Crippen LogP contribution is 2.60. The molecule has 0 aromatic heterocycles. The minimum atomic E-state index is -0.0850. The Hall–Kier alpha value is -2.33. The van der Waals surface area contributed by atoms with Gasteiger partial charge in [0.25, 0.3) is 5.91 Å². The summed E-state index contributed by atoms with van der Waals surface area (Å²) >= 11 is 0. The topological polar surface area (TPSA) is 47.6 Å². The van der Waals surface area contributed by atoms with Crippen LogP contribution in [-0.2, 0) is 10.2 Å². The molecule has 32 heavy (non-hydrogen) atoms. The smallest absolute Gasteiger partial charge is 0.255 e. The van der Waals surface area contributed by atoms with Crippen LogP contribution in [0.4, 0.5) is 5.69 Å². The van der Waals surface area contributed by atoms with E-state index in [4.69, 9.17) is 9.47 Å². The molecule has 7 rings (SSSR count). The van der Waals surface area contributed by atoms with Crippen molar-refractivity contribution in [1.82, 2.24) is 0 Å². The number of hydrogen-bond acceptors (Lipinski definition) is 3. The predicted octanol–water partition coefficient (Wildman–Crippen LogP) is 5.96. The third-order valence-electron chi connectivity index (χ3n) is 8.37. The van der Waals surface area contributed by atoms with E-state index in [1.54, 1.807) is 0 Å². The van der Waals surface area contributed by atoms with E-state index in [9.17, 15) is 4.79 Å². The maximum absolute atomic E-state index is 12.7. The summed E-state index contributed by atoms with van der Waals surface area (Å²) < 4.78 is 11.4. The molecular formula is C28H33NO3. The fraction of sp³-hybridized carbons (Fsp3) is 0.536. The molecule has 0 spiro atoms. The molecule has 5 fully saturated rings. The van der Waals surface area contributed by atoms with E-state index in [1.165, 1.54) is 44.1 Å². The molecule has 5 aliphatic rings. The van der Waals surface area contributed by atoms with Crippen LogP contribution < -0.4 is 10.1 Å². The standard InChI is InChI=1S/C28H33NO3/c30-27(22-3-9-25(10-4-22)32-18-26-2-1-11-31-26)29-24-7-5-23(6-8-24)28-15-19-12-20(16-28)14-21(13-19)17-28/h3-10,19-21,26H,1-2,11-18H2,(H,29,30). The van der Waals surface area contributed by atoms with Gasteiger partial charge in [0.15, 0.2) is 0 Å². The number of nitrogens with one attached hydrogen (secondary N) is 1. The molecule has 4 heteroatoms. The van der Waals surface area contributed by atoms with E-state index in [0.29, 0.717) is 17.6 Å². The van der Waals surface area contributed by atoms with Crippen molar-refractivity contribution >= 4 is 11.6 Å². The quantitative estimate of drug-likeness (QED) is 0.613. The SMILES string of the molecule is O=C(Nc1ccc(C23CC4CC(CC(C4)C2)C3)cc1)c1ccc(OCC2CCCO2)cc1. The largest absolute Gasteiger partial charge is 0.491 e. The average molecular weight is 432 g/mol. The molecule has 4 bridgehead atoms. The molecule has 1 amide bonds. The van der Waals surface area contributed by atoms with Crippen molar-refractivity contribution < 1.29 is 14.3 Å². The summed E-state index contributed by atoms with van der Waals surface area (Å²) in [6.45, 7) is 1.40. The Bertz CT molecular complexity index is 924. The molecule has 4 aliphatic carbocycles. The second-order valence-corrected chi connectivity index (χ2v) is 10.7. The Morgan fingerprint density at radius 3 is 2.19 bits per heavy atom. The first-order valence-electron chi connectivity index (χ1n) is 12.4. The van der Waals surface area contributed by atoms with Gasteiger partial charge in [-0.25, -0.2) is 0 Å². The van der Waals surface area contributed by atoms with Crippen molar-refractivity contribution in [2.75, 3.05) is 18.5 Å². The molecule has 0 radical (unpaired) electrons. The fourth-order valence-electron chi connectivity index (χ4n) is 7.24. The van der Waals surface area contributed by atoms with Crippen molar-refractivity contribution in [3.05, 3.63) is 59.7 Å². The summed E-state index contributed by atoms with van der Waals surface area (Å²) in [6.07, 6.45) is 10.9. The van der Waals surface area contributed by atoms with Gasteiger partial charge in [-0.3, -0.25) is 4.79 Å². The van der Waals surface area contributed by atoms with Crippen molar-refractivity contribution in [2.45, 2.75) is 62.9 Å². The Balaban J connectivity index is 1.08. The van der Waals surface area contributed by atoms with Crippen LogP contribution in [-0.4, -0.2) is 25.2 Å². The Kier molecular flexibility index (Phi) is 5.21. The second kappa shape index (κ2) is 8.22. The first kappa shape index (κ1) is 20.3. The lowest BCUT2D eigenvalue weighted by molar-refractivity contribution is -0.00518. The Morgan fingerprint density at radius 2 is 1.59 bits per heavy atom. The number of rotatable bonds is 6. The van der Waals surface area contributed by atoms with Crippen molar-refractivity contribution in [2.24, 2.45) is 17.8 Å². The van der Waals surface area contributed by atoms with Crippen LogP contribution in [0.3, 0.4) is 0 Å². The van der Waals surface area contributed by atoms with Crippen LogP contribution in [0.1, 0.15) is 67.3 Å². The molecule has 168 valence electrons. The van der Waals surface area contributed by atoms with Crippen molar-refractivity contribution in [1.29, 1.82) is 0 Å². The number of ether oxygens (including phenoxy) is 2. The van der Waals surface area contributed by atoms with Gasteiger partial charge in [0, 0.05) is 17.9 Å². The molecule has 1 N–H and O–H groups in total. The number of anilines is 1. The summed E-state index contributed by atoms with van der Waals surface area (Å²) in [5, 5.41) is 3.06. The Labute approximate surface area is 190 Å². The van der Waals surface area contributed by atoms with E-state index < -0.39 is 0 Å². The third kappa shape index (κ3) is 3.94. The fourth-order valence-corrected chi connectivity index (χ4v) is 7.24. The molecule has 2 aromatic rings. The number of hydrogen-bond donors (Lipinski definition) is 1. The summed E-state index contributed by atoms with van der Waals surface area (Å²) in [6, 6.07) is 16.1. The van der Waals surface area contributed by atoms with Crippen molar-refractivity contribution in [3.8, 4) is 5.75 Å². The summed E-state index contributed by atoms with van der Waals surface area (Å²) in [5.74, 6) is 3.52. The van der Waals surface area contributed by atoms with Gasteiger partial charge in [0.2, 0.25) is 0 Å². The van der Waals surface area contributed by atoms with Gasteiger partial charge in [-0.2, -0.15) is 0 Å². The number of carbonyl (C=O) groups is 1. The normalized spacial score (nSPS) is 32.8. The van der Waals surface area contributed by atoms with Crippen molar-refractivity contribution in [3.63, 3.8) is 0 Å². The summed E-state index contributed by atoms with van der Waals surface area (Å²) in [5.41, 5.74) is 3.39. The highest BCUT2D eigenvalue weighted by Gasteiger charge is 2.51. The number of amides is 1. The summed E-state index contributed by atoms with van der Waals surface area (Å²) in [7, 11) is 0. The van der Waals surface area contributed by atoms with Gasteiger partial charge >= 0.3 is 0 Å². The lowest BCUT2D eigenvalue weighted by Gasteiger charge is -2.57. The van der Waals surface area contributed by atoms with E-state index in [0.717, 1.165) is 48.6 Å². The lowest BCUT2D eigenvalue weighted by Crippen LogP contribution is -2.48. The van der Waals surface area contributed by atoms with Crippen LogP contribution in [0.15, 0.2) is 48.5 Å². The molecule has 1 unspecified atom stereocenters. The Morgan fingerprint density at radius 1 is 0.938 bits per heavy atom.